The third-order valence-corrected chi connectivity index (χ3v) is 11.1. The molecule has 0 aliphatic rings. The molecule has 0 saturated heterocycles. The molecule has 52 heavy (non-hydrogen) atoms. The average Bonchev–Trinajstić information content (AvgIpc) is 3.64. The van der Waals surface area contributed by atoms with Gasteiger partial charge in [0.15, 0.2) is 0 Å². The lowest BCUT2D eigenvalue weighted by Crippen LogP contribution is -1.93. The fraction of sp³-hybridized carbons (Fsp3) is 0.0833. The van der Waals surface area contributed by atoms with Crippen LogP contribution in [0.1, 0.15) is 11.6 Å². The van der Waals surface area contributed by atoms with Crippen molar-refractivity contribution in [3.05, 3.63) is 157 Å². The van der Waals surface area contributed by atoms with E-state index in [2.05, 4.69) is 183 Å². The average molecular weight is 669 g/mol. The van der Waals surface area contributed by atoms with Crippen LogP contribution in [0.2, 0.25) is 0 Å². The minimum atomic E-state index is 1.01. The van der Waals surface area contributed by atoms with E-state index in [4.69, 9.17) is 9.97 Å². The number of imidazole rings is 2. The predicted octanol–water partition coefficient (Wildman–Crippen LogP) is 12.2. The van der Waals surface area contributed by atoms with Crippen LogP contribution in [0.5, 0.6) is 0 Å². The number of benzene rings is 8. The standard InChI is InChI=1S/C48H36N4/c1-29-49-44-23-20-34(26-46(44)51(29)3)36-14-9-17-40-42(36)28-43-37(35-21-24-45-47(27-35)52(4)30(2)50-45)15-10-18-41(43)48(40)39-16-8-13-33-25-32(19-22-38(33)39)31-11-6-5-7-12-31/h5-28H,1-4H3. The molecule has 0 radical (unpaired) electrons. The van der Waals surface area contributed by atoms with Crippen LogP contribution in [-0.4, -0.2) is 19.1 Å². The van der Waals surface area contributed by atoms with E-state index < -0.39 is 0 Å². The van der Waals surface area contributed by atoms with E-state index >= 15 is 0 Å². The van der Waals surface area contributed by atoms with E-state index in [-0.39, 0.29) is 0 Å². The summed E-state index contributed by atoms with van der Waals surface area (Å²) in [4.78, 5) is 9.58. The Morgan fingerprint density at radius 3 is 1.52 bits per heavy atom. The summed E-state index contributed by atoms with van der Waals surface area (Å²) >= 11 is 0. The van der Waals surface area contributed by atoms with Gasteiger partial charge in [-0.15, -0.1) is 0 Å². The van der Waals surface area contributed by atoms with Crippen molar-refractivity contribution < 1.29 is 0 Å². The zero-order valence-corrected chi connectivity index (χ0v) is 29.6. The maximum atomic E-state index is 4.79. The van der Waals surface area contributed by atoms with Crippen molar-refractivity contribution in [1.82, 2.24) is 19.1 Å². The Labute approximate surface area is 302 Å². The second-order valence-electron chi connectivity index (χ2n) is 14.0. The molecular formula is C48H36N4. The molecule has 10 rings (SSSR count). The number of hydrogen-bond acceptors (Lipinski definition) is 2. The maximum absolute atomic E-state index is 4.79. The normalized spacial score (nSPS) is 11.8. The highest BCUT2D eigenvalue weighted by atomic mass is 15.1. The first-order valence-electron chi connectivity index (χ1n) is 17.9. The second-order valence-corrected chi connectivity index (χ2v) is 14.0. The van der Waals surface area contributed by atoms with Gasteiger partial charge in [-0.1, -0.05) is 109 Å². The topological polar surface area (TPSA) is 35.6 Å². The van der Waals surface area contributed by atoms with Gasteiger partial charge in [-0.25, -0.2) is 9.97 Å². The minimum absolute atomic E-state index is 1.01. The molecular weight excluding hydrogens is 633 g/mol. The van der Waals surface area contributed by atoms with Crippen molar-refractivity contribution in [3.63, 3.8) is 0 Å². The lowest BCUT2D eigenvalue weighted by molar-refractivity contribution is 0.886. The molecule has 10 aromatic rings. The predicted molar refractivity (Wildman–Crippen MR) is 219 cm³/mol. The molecule has 0 unspecified atom stereocenters. The molecule has 0 bridgehead atoms. The zero-order valence-electron chi connectivity index (χ0n) is 29.6. The monoisotopic (exact) mass is 668 g/mol. The zero-order chi connectivity index (χ0) is 35.1. The lowest BCUT2D eigenvalue weighted by Gasteiger charge is -2.19. The Morgan fingerprint density at radius 2 is 0.923 bits per heavy atom. The first kappa shape index (κ1) is 30.3. The molecule has 8 aromatic carbocycles. The summed E-state index contributed by atoms with van der Waals surface area (Å²) in [6.07, 6.45) is 0. The van der Waals surface area contributed by atoms with Crippen LogP contribution in [0.25, 0.3) is 98.9 Å². The number of nitrogens with zero attached hydrogens (tertiary/aromatic N) is 4. The SMILES string of the molecule is Cc1nc2ccc(-c3cccc4c(-c5cccc6cc(-c7ccccc7)ccc56)c5cccc(-c6ccc7nc(C)n(C)c7c6)c5cc34)cc2n1C. The molecule has 248 valence electrons. The fourth-order valence-electron chi connectivity index (χ4n) is 8.23. The van der Waals surface area contributed by atoms with Crippen molar-refractivity contribution in [2.24, 2.45) is 14.1 Å². The van der Waals surface area contributed by atoms with E-state index in [0.717, 1.165) is 33.7 Å². The first-order chi connectivity index (χ1) is 25.4. The number of aromatic nitrogens is 4. The summed E-state index contributed by atoms with van der Waals surface area (Å²) in [6, 6.07) is 53.6. The van der Waals surface area contributed by atoms with Gasteiger partial charge in [0.1, 0.15) is 11.6 Å². The summed E-state index contributed by atoms with van der Waals surface area (Å²) in [6.45, 7) is 4.13. The van der Waals surface area contributed by atoms with Crippen LogP contribution in [0.3, 0.4) is 0 Å². The van der Waals surface area contributed by atoms with Gasteiger partial charge >= 0.3 is 0 Å². The van der Waals surface area contributed by atoms with Crippen molar-refractivity contribution in [2.45, 2.75) is 13.8 Å². The number of hydrogen-bond donors (Lipinski definition) is 0. The fourth-order valence-corrected chi connectivity index (χ4v) is 8.23. The maximum Gasteiger partial charge on any atom is 0.106 e. The largest absolute Gasteiger partial charge is 0.331 e. The third kappa shape index (κ3) is 4.61. The molecule has 0 N–H and O–H groups in total. The molecule has 2 heterocycles. The van der Waals surface area contributed by atoms with Crippen molar-refractivity contribution in [1.29, 1.82) is 0 Å². The van der Waals surface area contributed by atoms with Crippen LogP contribution >= 0.6 is 0 Å². The number of rotatable bonds is 4. The molecule has 0 saturated carbocycles. The van der Waals surface area contributed by atoms with Gasteiger partial charge in [0.2, 0.25) is 0 Å². The molecule has 4 heteroatoms. The summed E-state index contributed by atoms with van der Waals surface area (Å²) in [7, 11) is 4.19. The van der Waals surface area contributed by atoms with E-state index in [0.29, 0.717) is 0 Å². The van der Waals surface area contributed by atoms with E-state index in [9.17, 15) is 0 Å². The number of aryl methyl sites for hydroxylation is 4. The molecule has 0 atom stereocenters. The van der Waals surface area contributed by atoms with Gasteiger partial charge in [-0.2, -0.15) is 0 Å². The molecule has 2 aromatic heterocycles. The van der Waals surface area contributed by atoms with E-state index in [1.165, 1.54) is 76.8 Å². The smallest absolute Gasteiger partial charge is 0.106 e. The minimum Gasteiger partial charge on any atom is -0.331 e. The van der Waals surface area contributed by atoms with Crippen molar-refractivity contribution in [3.8, 4) is 44.5 Å². The second kappa shape index (κ2) is 11.5. The summed E-state index contributed by atoms with van der Waals surface area (Å²) in [5, 5.41) is 7.40. The molecule has 0 aliphatic heterocycles. The van der Waals surface area contributed by atoms with Gasteiger partial charge in [-0.3, -0.25) is 0 Å². The van der Waals surface area contributed by atoms with Gasteiger partial charge in [-0.05, 0) is 127 Å². The highest BCUT2D eigenvalue weighted by molar-refractivity contribution is 6.21. The highest BCUT2D eigenvalue weighted by Crippen LogP contribution is 2.45. The van der Waals surface area contributed by atoms with Crippen molar-refractivity contribution >= 4 is 54.4 Å². The van der Waals surface area contributed by atoms with E-state index in [1.54, 1.807) is 0 Å². The number of fused-ring (bicyclic) bond motifs is 5. The summed E-state index contributed by atoms with van der Waals surface area (Å²) < 4.78 is 4.36. The summed E-state index contributed by atoms with van der Waals surface area (Å²) in [5.74, 6) is 2.02. The molecule has 0 aliphatic carbocycles. The Hall–Kier alpha value is -6.52. The lowest BCUT2D eigenvalue weighted by atomic mass is 9.84. The Kier molecular flexibility index (Phi) is 6.71. The van der Waals surface area contributed by atoms with Crippen LogP contribution in [0.15, 0.2) is 146 Å². The van der Waals surface area contributed by atoms with Gasteiger partial charge in [0.05, 0.1) is 22.1 Å². The summed E-state index contributed by atoms with van der Waals surface area (Å²) in [5.41, 5.74) is 14.0. The van der Waals surface area contributed by atoms with Gasteiger partial charge in [0.25, 0.3) is 0 Å². The Balaban J connectivity index is 1.29. The van der Waals surface area contributed by atoms with E-state index in [1.807, 2.05) is 0 Å². The third-order valence-electron chi connectivity index (χ3n) is 11.1. The molecule has 0 fully saturated rings. The van der Waals surface area contributed by atoms with Crippen molar-refractivity contribution in [2.75, 3.05) is 0 Å². The van der Waals surface area contributed by atoms with Crippen LogP contribution in [0, 0.1) is 13.8 Å². The van der Waals surface area contributed by atoms with Crippen LogP contribution in [-0.2, 0) is 14.1 Å². The van der Waals surface area contributed by atoms with Crippen LogP contribution in [0.4, 0.5) is 0 Å². The Bertz CT molecular complexity index is 2910. The van der Waals surface area contributed by atoms with Gasteiger partial charge < -0.3 is 9.13 Å². The molecule has 0 spiro atoms. The first-order valence-corrected chi connectivity index (χ1v) is 17.9. The highest BCUT2D eigenvalue weighted by Gasteiger charge is 2.19. The quantitative estimate of drug-likeness (QED) is 0.175. The van der Waals surface area contributed by atoms with Crippen LogP contribution < -0.4 is 0 Å². The molecule has 0 amide bonds. The van der Waals surface area contributed by atoms with Gasteiger partial charge in [0, 0.05) is 14.1 Å². The Morgan fingerprint density at radius 1 is 0.385 bits per heavy atom. The molecule has 4 nitrogen and oxygen atoms in total.